The predicted octanol–water partition coefficient (Wildman–Crippen LogP) is 5.92. The van der Waals surface area contributed by atoms with E-state index in [1.807, 2.05) is 61.6 Å². The maximum atomic E-state index is 13.5. The van der Waals surface area contributed by atoms with Gasteiger partial charge in [-0.2, -0.15) is 0 Å². The first-order valence-corrected chi connectivity index (χ1v) is 13.1. The summed E-state index contributed by atoms with van der Waals surface area (Å²) in [6.07, 6.45) is 2.66. The zero-order chi connectivity index (χ0) is 25.4. The maximum absolute atomic E-state index is 13.5. The highest BCUT2D eigenvalue weighted by Gasteiger charge is 2.38. The lowest BCUT2D eigenvalue weighted by Crippen LogP contribution is -2.24. The molecule has 0 saturated heterocycles. The molecular weight excluding hydrogens is 466 g/mol. The van der Waals surface area contributed by atoms with Gasteiger partial charge >= 0.3 is 0 Å². The van der Waals surface area contributed by atoms with E-state index < -0.39 is 0 Å². The van der Waals surface area contributed by atoms with E-state index in [-0.39, 0.29) is 22.5 Å². The van der Waals surface area contributed by atoms with Crippen LogP contribution in [0.5, 0.6) is 0 Å². The summed E-state index contributed by atoms with van der Waals surface area (Å²) in [5.74, 6) is 0.166. The standard InChI is InChI=1S/C30H29N3O2S/c1-5-20-14-16-21(17-15-20)33-28(35)23-10-6-8-12-25(23)31-29(33)36-19-22(34)18-27-30(2,3)24-11-7-9-13-26(24)32(27)4/h6-18H,5,19H2,1-4H3. The SMILES string of the molecule is CCc1ccc(-n2c(SCC(=O)C=C3N(C)c4ccccc4C3(C)C)nc3ccccc3c2=O)cc1. The van der Waals surface area contributed by atoms with Gasteiger partial charge in [0.25, 0.3) is 5.56 Å². The average molecular weight is 496 g/mol. The van der Waals surface area contributed by atoms with Gasteiger partial charge in [0.1, 0.15) is 0 Å². The molecule has 0 amide bonds. The van der Waals surface area contributed by atoms with Crippen LogP contribution in [-0.2, 0) is 16.6 Å². The Morgan fingerprint density at radius 3 is 2.42 bits per heavy atom. The molecule has 1 aliphatic rings. The number of carbonyl (C=O) groups excluding carboxylic acids is 1. The summed E-state index contributed by atoms with van der Waals surface area (Å²) >= 11 is 1.30. The lowest BCUT2D eigenvalue weighted by Gasteiger charge is -2.24. The predicted molar refractivity (Wildman–Crippen MR) is 148 cm³/mol. The lowest BCUT2D eigenvalue weighted by atomic mass is 9.83. The molecule has 0 saturated carbocycles. The van der Waals surface area contributed by atoms with Crippen molar-refractivity contribution in [1.82, 2.24) is 9.55 Å². The number of para-hydroxylation sites is 2. The maximum Gasteiger partial charge on any atom is 0.266 e. The van der Waals surface area contributed by atoms with E-state index in [4.69, 9.17) is 4.98 Å². The van der Waals surface area contributed by atoms with Crippen LogP contribution in [0.3, 0.4) is 0 Å². The van der Waals surface area contributed by atoms with Crippen LogP contribution in [-0.4, -0.2) is 28.1 Å². The fourth-order valence-corrected chi connectivity index (χ4v) is 5.74. The van der Waals surface area contributed by atoms with Crippen molar-refractivity contribution in [2.24, 2.45) is 0 Å². The Bertz CT molecular complexity index is 1550. The fraction of sp³-hybridized carbons (Fsp3) is 0.233. The van der Waals surface area contributed by atoms with Crippen molar-refractivity contribution in [2.75, 3.05) is 17.7 Å². The number of anilines is 1. The van der Waals surface area contributed by atoms with E-state index in [2.05, 4.69) is 37.8 Å². The third-order valence-corrected chi connectivity index (χ3v) is 7.89. The molecule has 0 atom stereocenters. The summed E-state index contributed by atoms with van der Waals surface area (Å²) in [5, 5.41) is 1.07. The molecule has 0 unspecified atom stereocenters. The fourth-order valence-electron chi connectivity index (χ4n) is 4.91. The summed E-state index contributed by atoms with van der Waals surface area (Å²) in [7, 11) is 2.00. The highest BCUT2D eigenvalue weighted by molar-refractivity contribution is 7.99. The van der Waals surface area contributed by atoms with Crippen molar-refractivity contribution < 1.29 is 4.79 Å². The Kier molecular flexibility index (Phi) is 6.31. The number of hydrogen-bond donors (Lipinski definition) is 0. The van der Waals surface area contributed by atoms with E-state index in [1.165, 1.54) is 22.9 Å². The van der Waals surface area contributed by atoms with Gasteiger partial charge in [0, 0.05) is 29.9 Å². The number of rotatable bonds is 6. The van der Waals surface area contributed by atoms with Gasteiger partial charge in [-0.3, -0.25) is 14.2 Å². The molecule has 1 aliphatic heterocycles. The first-order valence-electron chi connectivity index (χ1n) is 12.1. The van der Waals surface area contributed by atoms with Crippen LogP contribution in [0.15, 0.2) is 94.5 Å². The zero-order valence-corrected chi connectivity index (χ0v) is 21.8. The topological polar surface area (TPSA) is 55.2 Å². The van der Waals surface area contributed by atoms with Crippen LogP contribution in [0, 0.1) is 0 Å². The van der Waals surface area contributed by atoms with Crippen LogP contribution in [0.2, 0.25) is 0 Å². The van der Waals surface area contributed by atoms with Gasteiger partial charge in [0.15, 0.2) is 10.9 Å². The minimum absolute atomic E-state index is 0.0157. The number of fused-ring (bicyclic) bond motifs is 2. The number of benzene rings is 3. The normalized spacial score (nSPS) is 15.4. The van der Waals surface area contributed by atoms with E-state index in [0.717, 1.165) is 23.5 Å². The van der Waals surface area contributed by atoms with Gasteiger partial charge in [-0.25, -0.2) is 4.98 Å². The summed E-state index contributed by atoms with van der Waals surface area (Å²) < 4.78 is 1.62. The second kappa shape index (κ2) is 9.43. The van der Waals surface area contributed by atoms with Crippen molar-refractivity contribution in [1.29, 1.82) is 0 Å². The Hall–Kier alpha value is -3.64. The Labute approximate surface area is 215 Å². The molecule has 0 fully saturated rings. The molecule has 0 bridgehead atoms. The van der Waals surface area contributed by atoms with Crippen molar-refractivity contribution in [3.8, 4) is 5.69 Å². The molecule has 0 spiro atoms. The number of thioether (sulfide) groups is 1. The number of ketones is 1. The monoisotopic (exact) mass is 495 g/mol. The van der Waals surface area contributed by atoms with Crippen molar-refractivity contribution in [2.45, 2.75) is 37.8 Å². The van der Waals surface area contributed by atoms with Crippen LogP contribution in [0.25, 0.3) is 16.6 Å². The Morgan fingerprint density at radius 2 is 1.69 bits per heavy atom. The van der Waals surface area contributed by atoms with Crippen LogP contribution < -0.4 is 10.5 Å². The number of aryl methyl sites for hydroxylation is 1. The molecule has 5 nitrogen and oxygen atoms in total. The van der Waals surface area contributed by atoms with E-state index in [0.29, 0.717) is 16.1 Å². The number of allylic oxidation sites excluding steroid dienone is 2. The van der Waals surface area contributed by atoms with Gasteiger partial charge in [0.2, 0.25) is 0 Å². The van der Waals surface area contributed by atoms with Gasteiger partial charge < -0.3 is 4.90 Å². The third-order valence-electron chi connectivity index (χ3n) is 6.93. The number of aromatic nitrogens is 2. The summed E-state index contributed by atoms with van der Waals surface area (Å²) in [6, 6.07) is 23.5. The van der Waals surface area contributed by atoms with Crippen molar-refractivity contribution in [3.05, 3.63) is 106 Å². The number of likely N-dealkylation sites (N-methyl/N-ethyl adjacent to an activating group) is 1. The van der Waals surface area contributed by atoms with Crippen LogP contribution in [0.1, 0.15) is 31.9 Å². The second-order valence-corrected chi connectivity index (χ2v) is 10.5. The molecule has 0 aliphatic carbocycles. The molecule has 1 aromatic heterocycles. The number of carbonyl (C=O) groups is 1. The first kappa shape index (κ1) is 24.1. The van der Waals surface area contributed by atoms with Crippen molar-refractivity contribution >= 4 is 34.1 Å². The number of hydrogen-bond acceptors (Lipinski definition) is 5. The molecule has 4 aromatic rings. The Morgan fingerprint density at radius 1 is 1.00 bits per heavy atom. The van der Waals surface area contributed by atoms with Gasteiger partial charge in [0.05, 0.1) is 22.3 Å². The summed E-state index contributed by atoms with van der Waals surface area (Å²) in [6.45, 7) is 6.38. The smallest absolute Gasteiger partial charge is 0.266 e. The minimum Gasteiger partial charge on any atom is -0.347 e. The molecule has 182 valence electrons. The first-order chi connectivity index (χ1) is 17.3. The summed E-state index contributed by atoms with van der Waals surface area (Å²) in [5.41, 5.74) is 5.46. The highest BCUT2D eigenvalue weighted by atomic mass is 32.2. The van der Waals surface area contributed by atoms with Crippen LogP contribution >= 0.6 is 11.8 Å². The molecule has 2 heterocycles. The van der Waals surface area contributed by atoms with E-state index in [1.54, 1.807) is 16.7 Å². The Balaban J connectivity index is 1.48. The molecule has 3 aromatic carbocycles. The highest BCUT2D eigenvalue weighted by Crippen LogP contribution is 2.46. The minimum atomic E-state index is -0.268. The molecule has 0 N–H and O–H groups in total. The quantitative estimate of drug-likeness (QED) is 0.189. The number of nitrogens with zero attached hydrogens (tertiary/aromatic N) is 3. The van der Waals surface area contributed by atoms with Crippen molar-refractivity contribution in [3.63, 3.8) is 0 Å². The second-order valence-electron chi connectivity index (χ2n) is 9.56. The van der Waals surface area contributed by atoms with Gasteiger partial charge in [-0.15, -0.1) is 0 Å². The lowest BCUT2D eigenvalue weighted by molar-refractivity contribution is -0.112. The summed E-state index contributed by atoms with van der Waals surface area (Å²) in [4.78, 5) is 33.6. The molecule has 0 radical (unpaired) electrons. The zero-order valence-electron chi connectivity index (χ0n) is 21.0. The molecule has 36 heavy (non-hydrogen) atoms. The largest absolute Gasteiger partial charge is 0.347 e. The van der Waals surface area contributed by atoms with E-state index in [9.17, 15) is 9.59 Å². The molecular formula is C30H29N3O2S. The third kappa shape index (κ3) is 4.16. The van der Waals surface area contributed by atoms with E-state index >= 15 is 0 Å². The van der Waals surface area contributed by atoms with Gasteiger partial charge in [-0.1, -0.05) is 75.0 Å². The van der Waals surface area contributed by atoms with Gasteiger partial charge in [-0.05, 0) is 47.9 Å². The average Bonchev–Trinajstić information content (AvgIpc) is 3.08. The van der Waals surface area contributed by atoms with Crippen LogP contribution in [0.4, 0.5) is 5.69 Å². The molecule has 5 rings (SSSR count). The molecule has 6 heteroatoms.